The molecule has 0 spiro atoms. The zero-order chi connectivity index (χ0) is 14.5. The summed E-state index contributed by atoms with van der Waals surface area (Å²) in [5.41, 5.74) is 1.29. The van der Waals surface area contributed by atoms with Crippen LogP contribution in [0.25, 0.3) is 10.8 Å². The Labute approximate surface area is 128 Å². The molecular weight excluding hydrogens is 256 g/mol. The average molecular weight is 282 g/mol. The Morgan fingerprint density at radius 2 is 1.90 bits per heavy atom. The third-order valence-electron chi connectivity index (χ3n) is 4.51. The topological polar surface area (TPSA) is 15.3 Å². The van der Waals surface area contributed by atoms with Gasteiger partial charge >= 0.3 is 0 Å². The van der Waals surface area contributed by atoms with Crippen LogP contribution in [0.5, 0.6) is 0 Å². The highest BCUT2D eigenvalue weighted by Crippen LogP contribution is 2.25. The number of nitrogens with one attached hydrogen (secondary N) is 1. The van der Waals surface area contributed by atoms with Gasteiger partial charge in [-0.1, -0.05) is 43.3 Å². The zero-order valence-electron chi connectivity index (χ0n) is 13.0. The van der Waals surface area contributed by atoms with Gasteiger partial charge < -0.3 is 10.2 Å². The lowest BCUT2D eigenvalue weighted by molar-refractivity contribution is 0.285. The number of benzene rings is 2. The number of hydrogen-bond acceptors (Lipinski definition) is 2. The number of fused-ring (bicyclic) bond motifs is 1. The van der Waals surface area contributed by atoms with Gasteiger partial charge in [0.25, 0.3) is 0 Å². The highest BCUT2D eigenvalue weighted by atomic mass is 15.1. The van der Waals surface area contributed by atoms with Crippen LogP contribution in [0.3, 0.4) is 0 Å². The minimum atomic E-state index is 0.609. The van der Waals surface area contributed by atoms with Gasteiger partial charge in [0.2, 0.25) is 0 Å². The highest BCUT2D eigenvalue weighted by Gasteiger charge is 2.16. The van der Waals surface area contributed by atoms with Gasteiger partial charge in [0.1, 0.15) is 0 Å². The molecule has 1 aliphatic heterocycles. The first kappa shape index (κ1) is 14.4. The molecule has 21 heavy (non-hydrogen) atoms. The van der Waals surface area contributed by atoms with Gasteiger partial charge in [0.05, 0.1) is 0 Å². The summed E-state index contributed by atoms with van der Waals surface area (Å²) >= 11 is 0. The molecule has 2 heteroatoms. The molecule has 1 saturated heterocycles. The normalized spacial score (nSPS) is 20.3. The summed E-state index contributed by atoms with van der Waals surface area (Å²) in [4.78, 5) is 2.62. The second-order valence-corrected chi connectivity index (χ2v) is 6.14. The minimum Gasteiger partial charge on any atom is -0.382 e. The number of likely N-dealkylation sites (tertiary alicyclic amines) is 1. The Kier molecular flexibility index (Phi) is 4.76. The monoisotopic (exact) mass is 282 g/mol. The lowest BCUT2D eigenvalue weighted by Crippen LogP contribution is -2.27. The fourth-order valence-electron chi connectivity index (χ4n) is 3.41. The summed E-state index contributed by atoms with van der Waals surface area (Å²) in [5, 5.41) is 6.47. The summed E-state index contributed by atoms with van der Waals surface area (Å²) in [5.74, 6) is 0. The number of rotatable bonds is 4. The molecule has 0 aromatic heterocycles. The van der Waals surface area contributed by atoms with Crippen LogP contribution >= 0.6 is 0 Å². The van der Waals surface area contributed by atoms with Crippen LogP contribution in [0, 0.1) is 0 Å². The molecule has 1 aliphatic rings. The number of anilines is 1. The maximum Gasteiger partial charge on any atom is 0.0422 e. The Morgan fingerprint density at radius 3 is 2.81 bits per heavy atom. The summed E-state index contributed by atoms with van der Waals surface area (Å²) in [6.07, 6.45) is 5.11. The Bertz CT molecular complexity index is 573. The average Bonchev–Trinajstić information content (AvgIpc) is 2.74. The van der Waals surface area contributed by atoms with E-state index in [0.717, 1.165) is 0 Å². The van der Waals surface area contributed by atoms with E-state index in [4.69, 9.17) is 0 Å². The van der Waals surface area contributed by atoms with Gasteiger partial charge in [-0.3, -0.25) is 0 Å². The van der Waals surface area contributed by atoms with Crippen LogP contribution in [-0.4, -0.2) is 30.6 Å². The van der Waals surface area contributed by atoms with Crippen LogP contribution in [0.4, 0.5) is 5.69 Å². The smallest absolute Gasteiger partial charge is 0.0422 e. The fourth-order valence-corrected chi connectivity index (χ4v) is 3.41. The van der Waals surface area contributed by atoms with Crippen molar-refractivity contribution in [3.8, 4) is 0 Å². The van der Waals surface area contributed by atoms with Crippen LogP contribution in [-0.2, 0) is 0 Å². The van der Waals surface area contributed by atoms with Crippen LogP contribution in [0.1, 0.15) is 32.6 Å². The first-order chi connectivity index (χ1) is 10.4. The van der Waals surface area contributed by atoms with E-state index in [0.29, 0.717) is 6.04 Å². The second-order valence-electron chi connectivity index (χ2n) is 6.14. The van der Waals surface area contributed by atoms with Crippen LogP contribution in [0.2, 0.25) is 0 Å². The molecule has 0 aliphatic carbocycles. The molecule has 1 atom stereocenters. The molecule has 1 fully saturated rings. The maximum atomic E-state index is 3.80. The molecule has 0 saturated carbocycles. The molecule has 112 valence electrons. The van der Waals surface area contributed by atoms with Gasteiger partial charge in [-0.15, -0.1) is 0 Å². The van der Waals surface area contributed by atoms with Crippen LogP contribution < -0.4 is 5.32 Å². The maximum absolute atomic E-state index is 3.80. The molecule has 3 rings (SSSR count). The largest absolute Gasteiger partial charge is 0.382 e. The highest BCUT2D eigenvalue weighted by molar-refractivity contribution is 5.93. The summed E-state index contributed by atoms with van der Waals surface area (Å²) in [6, 6.07) is 15.8. The summed E-state index contributed by atoms with van der Waals surface area (Å²) < 4.78 is 0. The third kappa shape index (κ3) is 3.56. The predicted octanol–water partition coefficient (Wildman–Crippen LogP) is 4.52. The van der Waals surface area contributed by atoms with Gasteiger partial charge in [-0.05, 0) is 50.2 Å². The van der Waals surface area contributed by atoms with Gasteiger partial charge in [0.15, 0.2) is 0 Å². The molecule has 0 radical (unpaired) electrons. The first-order valence-electron chi connectivity index (χ1n) is 8.33. The molecule has 2 nitrogen and oxygen atoms in total. The van der Waals surface area contributed by atoms with Crippen molar-refractivity contribution in [1.82, 2.24) is 4.90 Å². The van der Waals surface area contributed by atoms with Crippen LogP contribution in [0.15, 0.2) is 42.5 Å². The Hall–Kier alpha value is -1.54. The molecule has 0 bridgehead atoms. The van der Waals surface area contributed by atoms with Gasteiger partial charge in [-0.2, -0.15) is 0 Å². The number of hydrogen-bond donors (Lipinski definition) is 1. The van der Waals surface area contributed by atoms with Crippen molar-refractivity contribution in [3.63, 3.8) is 0 Å². The van der Waals surface area contributed by atoms with E-state index in [-0.39, 0.29) is 0 Å². The molecule has 2 aromatic rings. The SMILES string of the molecule is CCCN1CCCC(Nc2cccc3ccccc23)CC1. The predicted molar refractivity (Wildman–Crippen MR) is 91.9 cm³/mol. The molecule has 2 aromatic carbocycles. The van der Waals surface area contributed by atoms with E-state index in [1.54, 1.807) is 0 Å². The van der Waals surface area contributed by atoms with Crippen molar-refractivity contribution >= 4 is 16.5 Å². The van der Waals surface area contributed by atoms with Crippen molar-refractivity contribution in [1.29, 1.82) is 0 Å². The summed E-state index contributed by atoms with van der Waals surface area (Å²) in [7, 11) is 0. The third-order valence-corrected chi connectivity index (χ3v) is 4.51. The quantitative estimate of drug-likeness (QED) is 0.887. The zero-order valence-corrected chi connectivity index (χ0v) is 13.0. The van der Waals surface area contributed by atoms with Gasteiger partial charge in [0, 0.05) is 23.7 Å². The Morgan fingerprint density at radius 1 is 1.05 bits per heavy atom. The van der Waals surface area contributed by atoms with E-state index < -0.39 is 0 Å². The lowest BCUT2D eigenvalue weighted by atomic mass is 10.1. The van der Waals surface area contributed by atoms with Crippen molar-refractivity contribution in [2.24, 2.45) is 0 Å². The van der Waals surface area contributed by atoms with E-state index in [9.17, 15) is 0 Å². The van der Waals surface area contributed by atoms with Gasteiger partial charge in [-0.25, -0.2) is 0 Å². The molecular formula is C19H26N2. The molecule has 1 unspecified atom stereocenters. The second kappa shape index (κ2) is 6.95. The van der Waals surface area contributed by atoms with Crippen molar-refractivity contribution in [2.45, 2.75) is 38.6 Å². The standard InChI is InChI=1S/C19H26N2/c1-2-13-21-14-6-9-17(12-15-21)20-19-11-5-8-16-7-3-4-10-18(16)19/h3-5,7-8,10-11,17,20H,2,6,9,12-15H2,1H3. The van der Waals surface area contributed by atoms with E-state index in [1.807, 2.05) is 0 Å². The molecule has 0 amide bonds. The lowest BCUT2D eigenvalue weighted by Gasteiger charge is -2.20. The summed E-state index contributed by atoms with van der Waals surface area (Å²) in [6.45, 7) is 6.02. The molecule has 1 N–H and O–H groups in total. The minimum absolute atomic E-state index is 0.609. The Balaban J connectivity index is 1.70. The first-order valence-corrected chi connectivity index (χ1v) is 8.33. The van der Waals surface area contributed by atoms with E-state index in [2.05, 4.69) is 59.6 Å². The van der Waals surface area contributed by atoms with E-state index >= 15 is 0 Å². The van der Waals surface area contributed by atoms with Crippen molar-refractivity contribution in [2.75, 3.05) is 25.0 Å². The van der Waals surface area contributed by atoms with Crippen molar-refractivity contribution in [3.05, 3.63) is 42.5 Å². The van der Waals surface area contributed by atoms with E-state index in [1.165, 1.54) is 61.8 Å². The number of nitrogens with zero attached hydrogens (tertiary/aromatic N) is 1. The van der Waals surface area contributed by atoms with Crippen molar-refractivity contribution < 1.29 is 0 Å². The molecule has 1 heterocycles. The fraction of sp³-hybridized carbons (Fsp3) is 0.474.